The van der Waals surface area contributed by atoms with Gasteiger partial charge in [-0.1, -0.05) is 23.2 Å². The first-order chi connectivity index (χ1) is 8.60. The standard InChI is InChI=1S/C11H8BrCl2N3O/c1-15-11-16-5-8(14)10(17-11)18-9-3-2-6(13)4-7(9)12/h2-5H,1H3,(H,15,16,17). The molecular formula is C11H8BrCl2N3O. The molecule has 0 saturated heterocycles. The third-order valence-corrected chi connectivity index (χ3v) is 3.15. The van der Waals surface area contributed by atoms with E-state index in [1.807, 2.05) is 0 Å². The van der Waals surface area contributed by atoms with Crippen LogP contribution in [0, 0.1) is 0 Å². The quantitative estimate of drug-likeness (QED) is 0.894. The lowest BCUT2D eigenvalue weighted by atomic mass is 10.3. The molecule has 0 aliphatic rings. The predicted molar refractivity (Wildman–Crippen MR) is 75.8 cm³/mol. The lowest BCUT2D eigenvalue weighted by Crippen LogP contribution is -1.98. The van der Waals surface area contributed by atoms with Crippen LogP contribution in [-0.2, 0) is 0 Å². The molecule has 0 saturated carbocycles. The monoisotopic (exact) mass is 347 g/mol. The molecule has 7 heteroatoms. The van der Waals surface area contributed by atoms with E-state index >= 15 is 0 Å². The second-order valence-corrected chi connectivity index (χ2v) is 4.97. The molecule has 2 rings (SSSR count). The molecule has 1 N–H and O–H groups in total. The Bertz CT molecular complexity index is 580. The number of halogens is 3. The van der Waals surface area contributed by atoms with Gasteiger partial charge in [-0.3, -0.25) is 0 Å². The van der Waals surface area contributed by atoms with Crippen molar-refractivity contribution in [2.75, 3.05) is 12.4 Å². The second-order valence-electron chi connectivity index (χ2n) is 3.27. The first kappa shape index (κ1) is 13.4. The van der Waals surface area contributed by atoms with Crippen LogP contribution in [0.1, 0.15) is 0 Å². The van der Waals surface area contributed by atoms with E-state index in [1.54, 1.807) is 25.2 Å². The first-order valence-electron chi connectivity index (χ1n) is 4.93. The van der Waals surface area contributed by atoms with Gasteiger partial charge in [0, 0.05) is 12.1 Å². The lowest BCUT2D eigenvalue weighted by molar-refractivity contribution is 0.460. The average molecular weight is 349 g/mol. The molecule has 0 fully saturated rings. The number of nitrogens with one attached hydrogen (secondary N) is 1. The van der Waals surface area contributed by atoms with Crippen molar-refractivity contribution in [2.24, 2.45) is 0 Å². The molecule has 1 heterocycles. The summed E-state index contributed by atoms with van der Waals surface area (Å²) in [5.41, 5.74) is 0. The largest absolute Gasteiger partial charge is 0.436 e. The number of hydrogen-bond acceptors (Lipinski definition) is 4. The minimum atomic E-state index is 0.277. The number of hydrogen-bond donors (Lipinski definition) is 1. The van der Waals surface area contributed by atoms with E-state index in [1.165, 1.54) is 6.20 Å². The van der Waals surface area contributed by atoms with Gasteiger partial charge in [-0.05, 0) is 34.1 Å². The molecule has 0 spiro atoms. The summed E-state index contributed by atoms with van der Waals surface area (Å²) in [6.07, 6.45) is 1.47. The number of nitrogens with zero attached hydrogens (tertiary/aromatic N) is 2. The molecule has 0 aliphatic carbocycles. The maximum Gasteiger partial charge on any atom is 0.243 e. The number of rotatable bonds is 3. The highest BCUT2D eigenvalue weighted by Gasteiger charge is 2.10. The zero-order valence-corrected chi connectivity index (χ0v) is 12.3. The summed E-state index contributed by atoms with van der Waals surface area (Å²) in [6.45, 7) is 0. The fraction of sp³-hybridized carbons (Fsp3) is 0.0909. The number of aromatic nitrogens is 2. The van der Waals surface area contributed by atoms with E-state index in [9.17, 15) is 0 Å². The highest BCUT2D eigenvalue weighted by atomic mass is 79.9. The van der Waals surface area contributed by atoms with Crippen molar-refractivity contribution in [2.45, 2.75) is 0 Å². The van der Waals surface area contributed by atoms with Crippen LogP contribution in [0.4, 0.5) is 5.95 Å². The summed E-state index contributed by atoms with van der Waals surface area (Å²) >= 11 is 15.2. The van der Waals surface area contributed by atoms with Gasteiger partial charge in [0.15, 0.2) is 0 Å². The van der Waals surface area contributed by atoms with Crippen molar-refractivity contribution in [3.63, 3.8) is 0 Å². The Hall–Kier alpha value is -1.04. The van der Waals surface area contributed by atoms with E-state index in [0.717, 1.165) is 4.47 Å². The Morgan fingerprint density at radius 3 is 2.78 bits per heavy atom. The molecule has 1 aromatic heterocycles. The van der Waals surface area contributed by atoms with Gasteiger partial charge in [0.2, 0.25) is 11.8 Å². The van der Waals surface area contributed by atoms with E-state index in [2.05, 4.69) is 31.2 Å². The van der Waals surface area contributed by atoms with Crippen molar-refractivity contribution in [1.82, 2.24) is 9.97 Å². The Morgan fingerprint density at radius 2 is 2.11 bits per heavy atom. The van der Waals surface area contributed by atoms with Crippen molar-refractivity contribution in [1.29, 1.82) is 0 Å². The first-order valence-corrected chi connectivity index (χ1v) is 6.48. The van der Waals surface area contributed by atoms with Crippen molar-refractivity contribution in [3.8, 4) is 11.6 Å². The maximum atomic E-state index is 5.97. The van der Waals surface area contributed by atoms with Crippen LogP contribution in [0.25, 0.3) is 0 Å². The van der Waals surface area contributed by atoms with E-state index < -0.39 is 0 Å². The minimum absolute atomic E-state index is 0.277. The third kappa shape index (κ3) is 3.04. The lowest BCUT2D eigenvalue weighted by Gasteiger charge is -2.09. The molecule has 0 radical (unpaired) electrons. The van der Waals surface area contributed by atoms with Crippen LogP contribution in [0.3, 0.4) is 0 Å². The van der Waals surface area contributed by atoms with Gasteiger partial charge in [0.05, 0.1) is 10.7 Å². The van der Waals surface area contributed by atoms with Gasteiger partial charge in [0.25, 0.3) is 0 Å². The molecule has 0 unspecified atom stereocenters. The summed E-state index contributed by atoms with van der Waals surface area (Å²) in [5.74, 6) is 1.28. The molecule has 94 valence electrons. The fourth-order valence-corrected chi connectivity index (χ4v) is 2.10. The highest BCUT2D eigenvalue weighted by Crippen LogP contribution is 2.33. The summed E-state index contributed by atoms with van der Waals surface area (Å²) < 4.78 is 6.33. The number of anilines is 1. The SMILES string of the molecule is CNc1ncc(Cl)c(Oc2ccc(Cl)cc2Br)n1. The zero-order chi connectivity index (χ0) is 13.1. The molecule has 0 bridgehead atoms. The van der Waals surface area contributed by atoms with Crippen LogP contribution in [-0.4, -0.2) is 17.0 Å². The Balaban J connectivity index is 2.33. The Kier molecular flexibility index (Phi) is 4.27. The van der Waals surface area contributed by atoms with Gasteiger partial charge in [-0.15, -0.1) is 0 Å². The Labute approximate surface area is 122 Å². The second kappa shape index (κ2) is 5.73. The van der Waals surface area contributed by atoms with Crippen LogP contribution in [0.15, 0.2) is 28.9 Å². The van der Waals surface area contributed by atoms with Crippen LogP contribution < -0.4 is 10.1 Å². The fourth-order valence-electron chi connectivity index (χ4n) is 1.21. The number of ether oxygens (including phenoxy) is 1. The van der Waals surface area contributed by atoms with Crippen molar-refractivity contribution in [3.05, 3.63) is 38.9 Å². The molecule has 2 aromatic rings. The van der Waals surface area contributed by atoms with Gasteiger partial charge in [-0.2, -0.15) is 4.98 Å². The summed E-state index contributed by atoms with van der Waals surface area (Å²) in [4.78, 5) is 8.09. The molecule has 1 aromatic carbocycles. The summed E-state index contributed by atoms with van der Waals surface area (Å²) in [6, 6.07) is 5.17. The van der Waals surface area contributed by atoms with Crippen LogP contribution in [0.2, 0.25) is 10.0 Å². The summed E-state index contributed by atoms with van der Waals surface area (Å²) in [5, 5.41) is 3.75. The molecule has 18 heavy (non-hydrogen) atoms. The maximum absolute atomic E-state index is 5.97. The highest BCUT2D eigenvalue weighted by molar-refractivity contribution is 9.10. The predicted octanol–water partition coefficient (Wildman–Crippen LogP) is 4.38. The molecular weight excluding hydrogens is 341 g/mol. The van der Waals surface area contributed by atoms with Gasteiger partial charge < -0.3 is 10.1 Å². The molecule has 0 amide bonds. The van der Waals surface area contributed by atoms with Gasteiger partial charge in [0.1, 0.15) is 10.8 Å². The van der Waals surface area contributed by atoms with Crippen LogP contribution >= 0.6 is 39.1 Å². The van der Waals surface area contributed by atoms with Gasteiger partial charge >= 0.3 is 0 Å². The minimum Gasteiger partial charge on any atom is -0.436 e. The van der Waals surface area contributed by atoms with E-state index in [0.29, 0.717) is 21.7 Å². The smallest absolute Gasteiger partial charge is 0.243 e. The van der Waals surface area contributed by atoms with Crippen molar-refractivity contribution >= 4 is 45.1 Å². The Morgan fingerprint density at radius 1 is 1.33 bits per heavy atom. The van der Waals surface area contributed by atoms with E-state index in [4.69, 9.17) is 27.9 Å². The average Bonchev–Trinajstić information content (AvgIpc) is 2.35. The topological polar surface area (TPSA) is 47.0 Å². The third-order valence-electron chi connectivity index (χ3n) is 2.04. The summed E-state index contributed by atoms with van der Waals surface area (Å²) in [7, 11) is 1.71. The van der Waals surface area contributed by atoms with Gasteiger partial charge in [-0.25, -0.2) is 4.98 Å². The zero-order valence-electron chi connectivity index (χ0n) is 9.25. The number of benzene rings is 1. The van der Waals surface area contributed by atoms with Crippen molar-refractivity contribution < 1.29 is 4.74 Å². The molecule has 4 nitrogen and oxygen atoms in total. The van der Waals surface area contributed by atoms with Crippen LogP contribution in [0.5, 0.6) is 11.6 Å². The normalized spacial score (nSPS) is 10.2. The molecule has 0 atom stereocenters. The van der Waals surface area contributed by atoms with E-state index in [-0.39, 0.29) is 5.88 Å². The molecule has 0 aliphatic heterocycles.